The first-order valence-corrected chi connectivity index (χ1v) is 11.3. The third-order valence-corrected chi connectivity index (χ3v) is 5.14. The maximum Gasteiger partial charge on any atom is 0.347 e. The van der Waals surface area contributed by atoms with Crippen LogP contribution in [0.25, 0.3) is 0 Å². The predicted molar refractivity (Wildman–Crippen MR) is 112 cm³/mol. The Morgan fingerprint density at radius 2 is 1.60 bits per heavy atom. The summed E-state index contributed by atoms with van der Waals surface area (Å²) < 4.78 is 11.3. The molecule has 0 radical (unpaired) electrons. The first kappa shape index (κ1) is 27.8. The van der Waals surface area contributed by atoms with Crippen molar-refractivity contribution in [3.05, 3.63) is 0 Å². The number of carbonyl (C=O) groups excluding carboxylic acids is 3. The number of hydrogen-bond acceptors (Lipinski definition) is 6. The molecule has 0 spiro atoms. The van der Waals surface area contributed by atoms with E-state index in [-0.39, 0.29) is 31.4 Å². The largest absolute Gasteiger partial charge is 0.370 e. The van der Waals surface area contributed by atoms with Crippen molar-refractivity contribution in [3.63, 3.8) is 0 Å². The smallest absolute Gasteiger partial charge is 0.347 e. The second kappa shape index (κ2) is 13.9. The quantitative estimate of drug-likeness (QED) is 0.0613. The van der Waals surface area contributed by atoms with Crippen molar-refractivity contribution < 1.29 is 28.7 Å². The number of nitrogens with two attached hydrogens (primary N) is 2. The SMILES string of the molecule is CCC[C@H](NC(=O)CNC)C(=O)N[C@@H](CCCN=C(N)N)C(=O)N[C@@H](C)P(=O)(O)O. The highest BCUT2D eigenvalue weighted by Gasteiger charge is 2.30. The van der Waals surface area contributed by atoms with Gasteiger partial charge < -0.3 is 42.5 Å². The van der Waals surface area contributed by atoms with Crippen molar-refractivity contribution in [2.75, 3.05) is 20.1 Å². The van der Waals surface area contributed by atoms with Crippen LogP contribution < -0.4 is 32.7 Å². The standard InChI is InChI=1S/C16H34N7O6P/c1-4-6-11(22-13(24)9-19-3)15(26)23-12(7-5-8-20-16(17)18)14(25)21-10(2)30(27,28)29/h10-12,19H,4-9H2,1-3H3,(H,21,25)(H,22,24)(H,23,26)(H4,17,18,20)(H2,27,28,29)/t10-,11+,12+/m1/s1. The van der Waals surface area contributed by atoms with Gasteiger partial charge in [0.15, 0.2) is 5.96 Å². The van der Waals surface area contributed by atoms with E-state index in [1.54, 1.807) is 7.05 Å². The maximum atomic E-state index is 12.7. The van der Waals surface area contributed by atoms with Gasteiger partial charge in [-0.1, -0.05) is 13.3 Å². The Kier molecular flexibility index (Phi) is 12.9. The molecule has 3 amide bonds. The number of aliphatic imine (C=N–C) groups is 1. The van der Waals surface area contributed by atoms with Gasteiger partial charge in [-0.2, -0.15) is 0 Å². The number of hydrogen-bond donors (Lipinski definition) is 8. The van der Waals surface area contributed by atoms with Gasteiger partial charge in [-0.25, -0.2) is 0 Å². The van der Waals surface area contributed by atoms with Crippen molar-refractivity contribution in [1.82, 2.24) is 21.3 Å². The monoisotopic (exact) mass is 451 g/mol. The van der Waals surface area contributed by atoms with Gasteiger partial charge in [0.25, 0.3) is 0 Å². The van der Waals surface area contributed by atoms with Gasteiger partial charge in [0, 0.05) is 6.54 Å². The summed E-state index contributed by atoms with van der Waals surface area (Å²) in [4.78, 5) is 59.2. The molecule has 0 aliphatic rings. The molecule has 0 bridgehead atoms. The lowest BCUT2D eigenvalue weighted by atomic mass is 10.1. The number of rotatable bonds is 14. The Morgan fingerprint density at radius 1 is 1.03 bits per heavy atom. The van der Waals surface area contributed by atoms with E-state index in [2.05, 4.69) is 26.3 Å². The Bertz CT molecular complexity index is 650. The zero-order valence-electron chi connectivity index (χ0n) is 17.6. The highest BCUT2D eigenvalue weighted by molar-refractivity contribution is 7.52. The van der Waals surface area contributed by atoms with Crippen LogP contribution in [0.4, 0.5) is 0 Å². The van der Waals surface area contributed by atoms with Crippen LogP contribution in [0.15, 0.2) is 4.99 Å². The number of nitrogens with zero attached hydrogens (tertiary/aromatic N) is 1. The number of carbonyl (C=O) groups is 3. The molecule has 0 heterocycles. The highest BCUT2D eigenvalue weighted by atomic mass is 31.2. The van der Waals surface area contributed by atoms with E-state index in [1.165, 1.54) is 0 Å². The van der Waals surface area contributed by atoms with Crippen molar-refractivity contribution in [2.45, 2.75) is 57.4 Å². The average molecular weight is 451 g/mol. The van der Waals surface area contributed by atoms with Crippen LogP contribution in [-0.2, 0) is 18.9 Å². The topological polar surface area (TPSA) is 221 Å². The fourth-order valence-electron chi connectivity index (χ4n) is 2.40. The normalized spacial score (nSPS) is 14.2. The fourth-order valence-corrected chi connectivity index (χ4v) is 2.69. The van der Waals surface area contributed by atoms with Crippen LogP contribution >= 0.6 is 7.60 Å². The van der Waals surface area contributed by atoms with Crippen molar-refractivity contribution in [3.8, 4) is 0 Å². The summed E-state index contributed by atoms with van der Waals surface area (Å²) in [5, 5.41) is 10.0. The Balaban J connectivity index is 5.27. The maximum absolute atomic E-state index is 12.7. The lowest BCUT2D eigenvalue weighted by molar-refractivity contribution is -0.132. The molecule has 3 atom stereocenters. The Morgan fingerprint density at radius 3 is 2.10 bits per heavy atom. The van der Waals surface area contributed by atoms with Gasteiger partial charge >= 0.3 is 7.60 Å². The summed E-state index contributed by atoms with van der Waals surface area (Å²) in [6.45, 7) is 3.23. The molecule has 0 aliphatic heterocycles. The van der Waals surface area contributed by atoms with Crippen LogP contribution in [0.3, 0.4) is 0 Å². The second-order valence-electron chi connectivity index (χ2n) is 6.72. The minimum atomic E-state index is -4.55. The molecule has 0 fully saturated rings. The van der Waals surface area contributed by atoms with Crippen LogP contribution in [0.1, 0.15) is 39.5 Å². The van der Waals surface area contributed by atoms with E-state index in [0.29, 0.717) is 19.3 Å². The molecule has 0 aliphatic carbocycles. The minimum Gasteiger partial charge on any atom is -0.370 e. The Hall–Kier alpha value is -2.21. The molecule has 14 heteroatoms. The molecule has 0 aromatic heterocycles. The minimum absolute atomic E-state index is 0.0235. The van der Waals surface area contributed by atoms with Crippen molar-refractivity contribution >= 4 is 31.3 Å². The van der Waals surface area contributed by atoms with Crippen LogP contribution in [0, 0.1) is 0 Å². The van der Waals surface area contributed by atoms with E-state index in [0.717, 1.165) is 6.92 Å². The zero-order chi connectivity index (χ0) is 23.3. The van der Waals surface area contributed by atoms with Gasteiger partial charge in [0.1, 0.15) is 17.9 Å². The van der Waals surface area contributed by atoms with Gasteiger partial charge in [0.2, 0.25) is 17.7 Å². The molecular weight excluding hydrogens is 417 g/mol. The van der Waals surface area contributed by atoms with Gasteiger partial charge in [-0.15, -0.1) is 0 Å². The molecule has 0 aromatic rings. The third kappa shape index (κ3) is 11.7. The average Bonchev–Trinajstić information content (AvgIpc) is 2.62. The highest BCUT2D eigenvalue weighted by Crippen LogP contribution is 2.39. The van der Waals surface area contributed by atoms with E-state index in [4.69, 9.17) is 11.5 Å². The van der Waals surface area contributed by atoms with Crippen molar-refractivity contribution in [1.29, 1.82) is 0 Å². The summed E-state index contributed by atoms with van der Waals surface area (Å²) in [6.07, 6.45) is 1.40. The molecule has 10 N–H and O–H groups in total. The summed E-state index contributed by atoms with van der Waals surface area (Å²) in [7, 11) is -2.96. The van der Waals surface area contributed by atoms with Crippen LogP contribution in [0.2, 0.25) is 0 Å². The first-order chi connectivity index (χ1) is 13.9. The van der Waals surface area contributed by atoms with Gasteiger partial charge in [-0.3, -0.25) is 23.9 Å². The summed E-state index contributed by atoms with van der Waals surface area (Å²) in [5.41, 5.74) is 10.5. The lowest BCUT2D eigenvalue weighted by Gasteiger charge is -2.24. The molecule has 0 aromatic carbocycles. The number of guanidine groups is 1. The first-order valence-electron chi connectivity index (χ1n) is 9.57. The Labute approximate surface area is 176 Å². The third-order valence-electron chi connectivity index (χ3n) is 4.00. The number of amides is 3. The van der Waals surface area contributed by atoms with E-state index < -0.39 is 37.3 Å². The van der Waals surface area contributed by atoms with Crippen LogP contribution in [-0.4, -0.2) is 71.5 Å². The lowest BCUT2D eigenvalue weighted by Crippen LogP contribution is -2.55. The zero-order valence-corrected chi connectivity index (χ0v) is 18.4. The molecule has 13 nitrogen and oxygen atoms in total. The summed E-state index contributed by atoms with van der Waals surface area (Å²) in [6, 6.07) is -1.95. The number of nitrogens with one attached hydrogen (secondary N) is 4. The number of likely N-dealkylation sites (N-methyl/N-ethyl adjacent to an activating group) is 1. The molecule has 0 rings (SSSR count). The molecule has 30 heavy (non-hydrogen) atoms. The van der Waals surface area contributed by atoms with E-state index in [9.17, 15) is 28.7 Å². The molecule has 0 saturated heterocycles. The second-order valence-corrected chi connectivity index (χ2v) is 8.68. The molecular formula is C16H34N7O6P. The molecule has 0 unspecified atom stereocenters. The van der Waals surface area contributed by atoms with Crippen molar-refractivity contribution in [2.24, 2.45) is 16.5 Å². The predicted octanol–water partition coefficient (Wildman–Crippen LogP) is -2.33. The molecule has 174 valence electrons. The van der Waals surface area contributed by atoms with Gasteiger partial charge in [0.05, 0.1) is 6.54 Å². The molecule has 0 saturated carbocycles. The van der Waals surface area contributed by atoms with Gasteiger partial charge in [-0.05, 0) is 33.2 Å². The summed E-state index contributed by atoms with van der Waals surface area (Å²) in [5.74, 6) is -3.27. The van der Waals surface area contributed by atoms with E-state index in [1.807, 2.05) is 6.92 Å². The fraction of sp³-hybridized carbons (Fsp3) is 0.750. The van der Waals surface area contributed by atoms with E-state index >= 15 is 0 Å². The van der Waals surface area contributed by atoms with Crippen LogP contribution in [0.5, 0.6) is 0 Å². The summed E-state index contributed by atoms with van der Waals surface area (Å²) >= 11 is 0.